The van der Waals surface area contributed by atoms with Crippen LogP contribution in [0.25, 0.3) is 0 Å². The van der Waals surface area contributed by atoms with Crippen molar-refractivity contribution in [1.82, 2.24) is 15.0 Å². The van der Waals surface area contributed by atoms with Gasteiger partial charge in [-0.3, -0.25) is 0 Å². The van der Waals surface area contributed by atoms with Crippen LogP contribution in [0.1, 0.15) is 16.7 Å². The SMILES string of the molecule is CN(c1ccc(Cc2ccccc2)cc1)c1nc(N(C)c2ccc(NCc3ccccc3)cc2)nc(N(C)c2ccc(Nc3ccccc3)cc2)n1. The molecule has 8 heteroatoms. The van der Waals surface area contributed by atoms with Crippen LogP contribution >= 0.6 is 0 Å². The summed E-state index contributed by atoms with van der Waals surface area (Å²) in [4.78, 5) is 20.9. The molecule has 0 aliphatic rings. The van der Waals surface area contributed by atoms with Gasteiger partial charge in [-0.05, 0) is 95.9 Å². The number of anilines is 9. The van der Waals surface area contributed by atoms with Gasteiger partial charge in [-0.15, -0.1) is 0 Å². The second kappa shape index (κ2) is 15.9. The molecule has 2 N–H and O–H groups in total. The number of hydrogen-bond donors (Lipinski definition) is 2. The quantitative estimate of drug-likeness (QED) is 0.125. The van der Waals surface area contributed by atoms with E-state index in [1.165, 1.54) is 16.7 Å². The average molecular weight is 683 g/mol. The Morgan fingerprint density at radius 3 is 1.23 bits per heavy atom. The van der Waals surface area contributed by atoms with E-state index in [0.717, 1.165) is 47.1 Å². The summed E-state index contributed by atoms with van der Waals surface area (Å²) in [6.07, 6.45) is 0.876. The van der Waals surface area contributed by atoms with Gasteiger partial charge in [0.1, 0.15) is 0 Å². The van der Waals surface area contributed by atoms with Gasteiger partial charge >= 0.3 is 0 Å². The second-order valence-electron chi connectivity index (χ2n) is 12.7. The van der Waals surface area contributed by atoms with Crippen LogP contribution in [0.5, 0.6) is 0 Å². The number of benzene rings is 6. The van der Waals surface area contributed by atoms with Crippen molar-refractivity contribution in [1.29, 1.82) is 0 Å². The molecule has 8 nitrogen and oxygen atoms in total. The molecule has 0 aliphatic carbocycles. The zero-order valence-corrected chi connectivity index (χ0v) is 29.7. The molecule has 1 aromatic heterocycles. The molecule has 52 heavy (non-hydrogen) atoms. The Bertz CT molecular complexity index is 2050. The van der Waals surface area contributed by atoms with Crippen LogP contribution in [0.3, 0.4) is 0 Å². The van der Waals surface area contributed by atoms with Crippen molar-refractivity contribution < 1.29 is 0 Å². The molecule has 7 rings (SSSR count). The fraction of sp³-hybridized carbons (Fsp3) is 0.114. The lowest BCUT2D eigenvalue weighted by Gasteiger charge is -2.25. The van der Waals surface area contributed by atoms with Crippen LogP contribution in [-0.4, -0.2) is 36.1 Å². The highest BCUT2D eigenvalue weighted by Gasteiger charge is 2.19. The topological polar surface area (TPSA) is 72.5 Å². The van der Waals surface area contributed by atoms with E-state index in [-0.39, 0.29) is 0 Å². The van der Waals surface area contributed by atoms with Gasteiger partial charge in [0.15, 0.2) is 0 Å². The van der Waals surface area contributed by atoms with E-state index < -0.39 is 0 Å². The fourth-order valence-electron chi connectivity index (χ4n) is 5.87. The minimum absolute atomic E-state index is 0.532. The summed E-state index contributed by atoms with van der Waals surface area (Å²) in [7, 11) is 5.96. The second-order valence-corrected chi connectivity index (χ2v) is 12.7. The minimum Gasteiger partial charge on any atom is -0.381 e. The third kappa shape index (κ3) is 8.37. The zero-order valence-electron chi connectivity index (χ0n) is 29.7. The molecule has 0 radical (unpaired) electrons. The molecular weight excluding hydrogens is 641 g/mol. The Hall–Kier alpha value is -6.67. The number of rotatable bonds is 13. The van der Waals surface area contributed by atoms with E-state index in [1.807, 2.05) is 78.3 Å². The highest BCUT2D eigenvalue weighted by molar-refractivity contribution is 5.68. The van der Waals surface area contributed by atoms with Crippen molar-refractivity contribution >= 4 is 52.0 Å². The standard InChI is InChI=1S/C44H42N8/c1-50(39-25-19-34(20-26-39)31-33-13-7-4-8-14-33)42-47-43(51(2)40-27-21-36(22-28-40)45-32-35-15-9-5-10-16-35)49-44(48-42)52(3)41-29-23-38(24-30-41)46-37-17-11-6-12-18-37/h4-30,45-46H,31-32H2,1-3H3. The molecule has 7 aromatic rings. The normalized spacial score (nSPS) is 10.8. The van der Waals surface area contributed by atoms with Gasteiger partial charge in [-0.1, -0.05) is 91.0 Å². The lowest BCUT2D eigenvalue weighted by Crippen LogP contribution is -2.22. The zero-order chi connectivity index (χ0) is 35.7. The van der Waals surface area contributed by atoms with Crippen molar-refractivity contribution in [3.05, 3.63) is 180 Å². The molecule has 0 spiro atoms. The molecule has 0 amide bonds. The summed E-state index contributed by atoms with van der Waals surface area (Å²) in [5.74, 6) is 1.61. The van der Waals surface area contributed by atoms with Crippen LogP contribution in [0.2, 0.25) is 0 Å². The maximum absolute atomic E-state index is 4.99. The Labute approximate surface area is 306 Å². The van der Waals surface area contributed by atoms with Crippen LogP contribution in [0.4, 0.5) is 52.0 Å². The largest absolute Gasteiger partial charge is 0.381 e. The molecule has 0 bridgehead atoms. The average Bonchev–Trinajstić information content (AvgIpc) is 3.21. The number of aromatic nitrogens is 3. The number of nitrogens with zero attached hydrogens (tertiary/aromatic N) is 6. The lowest BCUT2D eigenvalue weighted by molar-refractivity contribution is 0.926. The maximum atomic E-state index is 4.99. The Morgan fingerprint density at radius 1 is 0.385 bits per heavy atom. The highest BCUT2D eigenvalue weighted by Crippen LogP contribution is 2.31. The van der Waals surface area contributed by atoms with E-state index in [9.17, 15) is 0 Å². The van der Waals surface area contributed by atoms with E-state index in [0.29, 0.717) is 17.8 Å². The van der Waals surface area contributed by atoms with Crippen molar-refractivity contribution in [2.24, 2.45) is 0 Å². The van der Waals surface area contributed by atoms with Gasteiger partial charge in [0, 0.05) is 61.8 Å². The molecule has 0 saturated heterocycles. The monoisotopic (exact) mass is 682 g/mol. The first kappa shape index (κ1) is 33.8. The van der Waals surface area contributed by atoms with Gasteiger partial charge < -0.3 is 25.3 Å². The van der Waals surface area contributed by atoms with Crippen LogP contribution in [-0.2, 0) is 13.0 Å². The Balaban J connectivity index is 1.15. The fourth-order valence-corrected chi connectivity index (χ4v) is 5.87. The van der Waals surface area contributed by atoms with Gasteiger partial charge in [0.2, 0.25) is 17.8 Å². The predicted molar refractivity (Wildman–Crippen MR) is 216 cm³/mol. The summed E-state index contributed by atoms with van der Waals surface area (Å²) in [5, 5.41) is 6.96. The van der Waals surface area contributed by atoms with Crippen molar-refractivity contribution in [2.45, 2.75) is 13.0 Å². The minimum atomic E-state index is 0.532. The predicted octanol–water partition coefficient (Wildman–Crippen LogP) is 10.1. The third-order valence-corrected chi connectivity index (χ3v) is 8.99. The van der Waals surface area contributed by atoms with Crippen LogP contribution < -0.4 is 25.3 Å². The first-order chi connectivity index (χ1) is 25.5. The van der Waals surface area contributed by atoms with Gasteiger partial charge in [0.05, 0.1) is 0 Å². The third-order valence-electron chi connectivity index (χ3n) is 8.99. The summed E-state index contributed by atoms with van der Waals surface area (Å²) in [6, 6.07) is 56.2. The summed E-state index contributed by atoms with van der Waals surface area (Å²) in [6.45, 7) is 0.755. The van der Waals surface area contributed by atoms with Gasteiger partial charge in [0.25, 0.3) is 0 Å². The van der Waals surface area contributed by atoms with Gasteiger partial charge in [-0.25, -0.2) is 0 Å². The smallest absolute Gasteiger partial charge is 0.236 e. The van der Waals surface area contributed by atoms with Crippen molar-refractivity contribution in [3.63, 3.8) is 0 Å². The van der Waals surface area contributed by atoms with Crippen molar-refractivity contribution in [2.75, 3.05) is 46.5 Å². The number of hydrogen-bond acceptors (Lipinski definition) is 8. The van der Waals surface area contributed by atoms with E-state index >= 15 is 0 Å². The molecule has 0 fully saturated rings. The first-order valence-electron chi connectivity index (χ1n) is 17.4. The van der Waals surface area contributed by atoms with Gasteiger partial charge in [-0.2, -0.15) is 15.0 Å². The van der Waals surface area contributed by atoms with Crippen LogP contribution in [0, 0.1) is 0 Å². The van der Waals surface area contributed by atoms with Crippen molar-refractivity contribution in [3.8, 4) is 0 Å². The number of para-hydroxylation sites is 1. The van der Waals surface area contributed by atoms with Crippen LogP contribution in [0.15, 0.2) is 164 Å². The lowest BCUT2D eigenvalue weighted by atomic mass is 10.0. The molecule has 1 heterocycles. The Kier molecular flexibility index (Phi) is 10.3. The van der Waals surface area contributed by atoms with E-state index in [1.54, 1.807) is 0 Å². The summed E-state index contributed by atoms with van der Waals surface area (Å²) in [5.41, 5.74) is 9.72. The van der Waals surface area contributed by atoms with E-state index in [4.69, 9.17) is 15.0 Å². The number of nitrogens with one attached hydrogen (secondary N) is 2. The maximum Gasteiger partial charge on any atom is 0.236 e. The Morgan fingerprint density at radius 2 is 0.750 bits per heavy atom. The van der Waals surface area contributed by atoms with E-state index in [2.05, 4.69) is 132 Å². The molecule has 6 aromatic carbocycles. The molecule has 0 saturated carbocycles. The summed E-state index contributed by atoms with van der Waals surface area (Å²) >= 11 is 0. The molecule has 0 atom stereocenters. The molecular formula is C44H42N8. The molecule has 0 unspecified atom stereocenters. The molecule has 258 valence electrons. The highest BCUT2D eigenvalue weighted by atomic mass is 15.4. The molecule has 0 aliphatic heterocycles. The first-order valence-corrected chi connectivity index (χ1v) is 17.4. The summed E-state index contributed by atoms with van der Waals surface area (Å²) < 4.78 is 0.